The number of hydrogen-bond donors (Lipinski definition) is 1. The normalized spacial score (nSPS) is 14.0. The molecule has 0 rings (SSSR count). The Morgan fingerprint density at radius 1 is 1.58 bits per heavy atom. The summed E-state index contributed by atoms with van der Waals surface area (Å²) in [6.07, 6.45) is 1.68. The minimum absolute atomic E-state index is 0.169. The van der Waals surface area contributed by atoms with E-state index < -0.39 is 6.10 Å². The van der Waals surface area contributed by atoms with Crippen molar-refractivity contribution < 1.29 is 9.90 Å². The molecule has 70 valence electrons. The average molecular weight is 170 g/mol. The number of aliphatic hydroxyl groups is 1. The quantitative estimate of drug-likeness (QED) is 0.654. The van der Waals surface area contributed by atoms with Gasteiger partial charge in [0.1, 0.15) is 6.10 Å². The number of carbonyl (C=O) groups is 1. The molecule has 1 N–H and O–H groups in total. The molecule has 0 saturated carbocycles. The first kappa shape index (κ1) is 11.4. The van der Waals surface area contributed by atoms with E-state index in [4.69, 9.17) is 0 Å². The fraction of sp³-hybridized carbons (Fsp3) is 0.700. The van der Waals surface area contributed by atoms with Gasteiger partial charge in [0.25, 0.3) is 0 Å². The molecule has 0 aliphatic rings. The van der Waals surface area contributed by atoms with Gasteiger partial charge >= 0.3 is 0 Å². The van der Waals surface area contributed by atoms with E-state index in [1.165, 1.54) is 6.08 Å². The molecule has 0 bridgehead atoms. The highest BCUT2D eigenvalue weighted by Crippen LogP contribution is 2.21. The maximum Gasteiger partial charge on any atom is 0.183 e. The Kier molecular flexibility index (Phi) is 4.18. The van der Waals surface area contributed by atoms with Gasteiger partial charge in [-0.05, 0) is 24.3 Å². The maximum absolute atomic E-state index is 10.9. The lowest BCUT2D eigenvalue weighted by molar-refractivity contribution is -0.122. The zero-order valence-corrected chi connectivity index (χ0v) is 8.13. The van der Waals surface area contributed by atoms with Crippen LogP contribution in [0.25, 0.3) is 0 Å². The minimum Gasteiger partial charge on any atom is -0.385 e. The van der Waals surface area contributed by atoms with Crippen LogP contribution in [-0.4, -0.2) is 17.0 Å². The van der Waals surface area contributed by atoms with Crippen molar-refractivity contribution in [1.29, 1.82) is 0 Å². The van der Waals surface area contributed by atoms with E-state index in [1.54, 1.807) is 0 Å². The van der Waals surface area contributed by atoms with Crippen LogP contribution in [0.15, 0.2) is 12.7 Å². The number of aliphatic hydroxyl groups excluding tert-OH is 1. The Labute approximate surface area is 74.3 Å². The topological polar surface area (TPSA) is 37.3 Å². The van der Waals surface area contributed by atoms with Gasteiger partial charge in [-0.25, -0.2) is 0 Å². The monoisotopic (exact) mass is 170 g/mol. The van der Waals surface area contributed by atoms with Crippen molar-refractivity contribution in [3.05, 3.63) is 12.7 Å². The third-order valence-electron chi connectivity index (χ3n) is 1.70. The highest BCUT2D eigenvalue weighted by Gasteiger charge is 2.16. The summed E-state index contributed by atoms with van der Waals surface area (Å²) in [5, 5.41) is 9.26. The molecule has 0 aromatic heterocycles. The molecular weight excluding hydrogens is 152 g/mol. The number of rotatable bonds is 4. The molecule has 0 heterocycles. The lowest BCUT2D eigenvalue weighted by atomic mass is 9.88. The second kappa shape index (κ2) is 4.41. The summed E-state index contributed by atoms with van der Waals surface area (Å²) >= 11 is 0. The summed E-state index contributed by atoms with van der Waals surface area (Å²) in [4.78, 5) is 10.9. The van der Waals surface area contributed by atoms with Gasteiger partial charge in [0.15, 0.2) is 5.78 Å². The Morgan fingerprint density at radius 2 is 2.08 bits per heavy atom. The lowest BCUT2D eigenvalue weighted by Gasteiger charge is -2.19. The van der Waals surface area contributed by atoms with Crippen molar-refractivity contribution in [3.63, 3.8) is 0 Å². The predicted molar refractivity (Wildman–Crippen MR) is 49.9 cm³/mol. The molecule has 2 nitrogen and oxygen atoms in total. The van der Waals surface area contributed by atoms with Crippen LogP contribution >= 0.6 is 0 Å². The van der Waals surface area contributed by atoms with Crippen LogP contribution in [0.2, 0.25) is 0 Å². The number of ketones is 1. The van der Waals surface area contributed by atoms with Gasteiger partial charge in [-0.2, -0.15) is 0 Å². The predicted octanol–water partition coefficient (Wildman–Crippen LogP) is 1.93. The van der Waals surface area contributed by atoms with Gasteiger partial charge in [-0.3, -0.25) is 4.79 Å². The number of carbonyl (C=O) groups excluding carboxylic acids is 1. The highest BCUT2D eigenvalue weighted by molar-refractivity contribution is 5.92. The van der Waals surface area contributed by atoms with Crippen molar-refractivity contribution in [2.75, 3.05) is 0 Å². The van der Waals surface area contributed by atoms with Crippen LogP contribution in [0.1, 0.15) is 33.6 Å². The van der Waals surface area contributed by atoms with Gasteiger partial charge < -0.3 is 5.11 Å². The fourth-order valence-electron chi connectivity index (χ4n) is 0.848. The zero-order valence-electron chi connectivity index (χ0n) is 8.13. The molecule has 2 heteroatoms. The minimum atomic E-state index is -0.860. The number of hydrogen-bond acceptors (Lipinski definition) is 2. The second-order valence-electron chi connectivity index (χ2n) is 4.22. The van der Waals surface area contributed by atoms with E-state index >= 15 is 0 Å². The van der Waals surface area contributed by atoms with Crippen LogP contribution in [0, 0.1) is 5.41 Å². The summed E-state index contributed by atoms with van der Waals surface area (Å²) in [5.74, 6) is -0.278. The van der Waals surface area contributed by atoms with Crippen LogP contribution < -0.4 is 0 Å². The van der Waals surface area contributed by atoms with Crippen molar-refractivity contribution in [2.45, 2.75) is 39.7 Å². The molecular formula is C10H18O2. The van der Waals surface area contributed by atoms with E-state index in [9.17, 15) is 9.90 Å². The van der Waals surface area contributed by atoms with Gasteiger partial charge in [0.2, 0.25) is 0 Å². The summed E-state index contributed by atoms with van der Waals surface area (Å²) in [6, 6.07) is 0. The first-order valence-corrected chi connectivity index (χ1v) is 4.21. The highest BCUT2D eigenvalue weighted by atomic mass is 16.3. The summed E-state index contributed by atoms with van der Waals surface area (Å²) in [5.41, 5.74) is 0.169. The average Bonchev–Trinajstić information content (AvgIpc) is 1.97. The summed E-state index contributed by atoms with van der Waals surface area (Å²) in [6.45, 7) is 9.56. The lowest BCUT2D eigenvalue weighted by Crippen LogP contribution is -2.20. The van der Waals surface area contributed by atoms with Crippen molar-refractivity contribution >= 4 is 5.78 Å². The zero-order chi connectivity index (χ0) is 9.78. The molecule has 0 aromatic rings. The molecule has 0 aliphatic heterocycles. The van der Waals surface area contributed by atoms with E-state index in [2.05, 4.69) is 27.4 Å². The van der Waals surface area contributed by atoms with E-state index in [0.29, 0.717) is 6.42 Å². The van der Waals surface area contributed by atoms with E-state index in [0.717, 1.165) is 6.42 Å². The molecule has 0 aliphatic carbocycles. The summed E-state index contributed by atoms with van der Waals surface area (Å²) < 4.78 is 0. The summed E-state index contributed by atoms with van der Waals surface area (Å²) in [7, 11) is 0. The molecule has 1 unspecified atom stereocenters. The molecule has 0 spiro atoms. The standard InChI is InChI=1S/C10H18O2/c1-5-8(11)9(12)6-7-10(2,3)4/h5,9,12H,1,6-7H2,2-4H3. The second-order valence-corrected chi connectivity index (χ2v) is 4.22. The van der Waals surface area contributed by atoms with Crippen LogP contribution in [-0.2, 0) is 4.79 Å². The molecule has 0 amide bonds. The maximum atomic E-state index is 10.9. The van der Waals surface area contributed by atoms with Gasteiger partial charge in [-0.1, -0.05) is 27.4 Å². The van der Waals surface area contributed by atoms with Crippen LogP contribution in [0.3, 0.4) is 0 Å². The Morgan fingerprint density at radius 3 is 2.42 bits per heavy atom. The Balaban J connectivity index is 3.79. The van der Waals surface area contributed by atoms with Gasteiger partial charge in [0, 0.05) is 0 Å². The largest absolute Gasteiger partial charge is 0.385 e. The van der Waals surface area contributed by atoms with Gasteiger partial charge in [-0.15, -0.1) is 0 Å². The SMILES string of the molecule is C=CC(=O)C(O)CCC(C)(C)C. The molecule has 12 heavy (non-hydrogen) atoms. The van der Waals surface area contributed by atoms with Crippen molar-refractivity contribution in [1.82, 2.24) is 0 Å². The van der Waals surface area contributed by atoms with Crippen LogP contribution in [0.4, 0.5) is 0 Å². The first-order valence-electron chi connectivity index (χ1n) is 4.21. The van der Waals surface area contributed by atoms with Gasteiger partial charge in [0.05, 0.1) is 0 Å². The molecule has 0 aromatic carbocycles. The smallest absolute Gasteiger partial charge is 0.183 e. The van der Waals surface area contributed by atoms with Crippen molar-refractivity contribution in [3.8, 4) is 0 Å². The Hall–Kier alpha value is -0.630. The fourth-order valence-corrected chi connectivity index (χ4v) is 0.848. The Bertz CT molecular complexity index is 165. The van der Waals surface area contributed by atoms with Crippen molar-refractivity contribution in [2.24, 2.45) is 5.41 Å². The molecule has 1 atom stereocenters. The first-order chi connectivity index (χ1) is 5.37. The van der Waals surface area contributed by atoms with E-state index in [-0.39, 0.29) is 11.2 Å². The van der Waals surface area contributed by atoms with E-state index in [1.807, 2.05) is 0 Å². The molecule has 0 radical (unpaired) electrons. The third-order valence-corrected chi connectivity index (χ3v) is 1.70. The van der Waals surface area contributed by atoms with Crippen LogP contribution in [0.5, 0.6) is 0 Å². The third kappa shape index (κ3) is 5.08. The molecule has 0 saturated heterocycles. The molecule has 0 fully saturated rings.